The van der Waals surface area contributed by atoms with Crippen LogP contribution in [0, 0.1) is 0 Å². The molecule has 0 fully saturated rings. The molecule has 4 nitrogen and oxygen atoms in total. The highest BCUT2D eigenvalue weighted by molar-refractivity contribution is 6.20. The average Bonchev–Trinajstić information content (AvgIpc) is 3.74. The Morgan fingerprint density at radius 3 is 1.46 bits per heavy atom. The molecule has 0 aliphatic carbocycles. The van der Waals surface area contributed by atoms with Gasteiger partial charge in [0.15, 0.2) is 17.5 Å². The number of nitrogens with zero attached hydrogens (tertiary/aromatic N) is 4. The first kappa shape index (κ1) is 38.5. The van der Waals surface area contributed by atoms with Gasteiger partial charge in [0, 0.05) is 33.2 Å². The van der Waals surface area contributed by atoms with Crippen molar-refractivity contribution in [2.24, 2.45) is 0 Å². The lowest BCUT2D eigenvalue weighted by atomic mass is 9.89. The maximum atomic E-state index is 5.26. The van der Waals surface area contributed by atoms with Crippen molar-refractivity contribution in [3.05, 3.63) is 243 Å². The van der Waals surface area contributed by atoms with Crippen LogP contribution in [-0.4, -0.2) is 19.5 Å². The van der Waals surface area contributed by atoms with Gasteiger partial charge >= 0.3 is 0 Å². The van der Waals surface area contributed by atoms with Crippen LogP contribution < -0.4 is 0 Å². The largest absolute Gasteiger partial charge is 0.309 e. The smallest absolute Gasteiger partial charge is 0.164 e. The van der Waals surface area contributed by atoms with Gasteiger partial charge in [-0.05, 0) is 108 Å². The summed E-state index contributed by atoms with van der Waals surface area (Å²) in [6.07, 6.45) is 0. The standard InChI is InChI=1S/C63H40N4/c1-3-15-41(16-4-1)45-19-13-21-49(37-45)62-64-61(44-31-29-43(30-32-44)60-53-26-10-8-18-48(53)39-57-52-25-9-7-17-42(52)33-36-56(57)60)65-63(66-62)50-22-14-20-46(38-50)47-34-35-55-54-27-11-12-28-58(54)67(59(55)40-47)51-23-5-2-6-24-51/h1-40H. The van der Waals surface area contributed by atoms with Crippen LogP contribution in [0.15, 0.2) is 243 Å². The second kappa shape index (κ2) is 15.9. The minimum Gasteiger partial charge on any atom is -0.309 e. The number of hydrogen-bond acceptors (Lipinski definition) is 3. The molecular weight excluding hydrogens is 813 g/mol. The van der Waals surface area contributed by atoms with Crippen molar-refractivity contribution in [1.29, 1.82) is 0 Å². The third-order valence-corrected chi connectivity index (χ3v) is 13.2. The van der Waals surface area contributed by atoms with Crippen LogP contribution >= 0.6 is 0 Å². The number of hydrogen-bond donors (Lipinski definition) is 0. The first-order valence-corrected chi connectivity index (χ1v) is 22.8. The van der Waals surface area contributed by atoms with Crippen LogP contribution in [0.1, 0.15) is 0 Å². The molecule has 0 aliphatic heterocycles. The Kier molecular flexibility index (Phi) is 9.14. The SMILES string of the molecule is c1ccc(-c2cccc(-c3nc(-c4ccc(-c5c6ccccc6cc6c5ccc5ccccc56)cc4)nc(-c4cccc(-c5ccc6c7ccccc7n(-c7ccccc7)c6c5)c4)n3)c2)cc1. The molecule has 13 aromatic rings. The second-order valence-corrected chi connectivity index (χ2v) is 17.2. The van der Waals surface area contributed by atoms with E-state index in [4.69, 9.17) is 15.0 Å². The van der Waals surface area contributed by atoms with Crippen LogP contribution in [0.4, 0.5) is 0 Å². The molecule has 0 saturated heterocycles. The van der Waals surface area contributed by atoms with Gasteiger partial charge in [-0.25, -0.2) is 15.0 Å². The van der Waals surface area contributed by atoms with E-state index in [-0.39, 0.29) is 0 Å². The Bertz CT molecular complexity index is 4020. The lowest BCUT2D eigenvalue weighted by Gasteiger charge is -2.15. The average molecular weight is 853 g/mol. The van der Waals surface area contributed by atoms with E-state index in [9.17, 15) is 0 Å². The van der Waals surface area contributed by atoms with E-state index in [1.165, 1.54) is 54.2 Å². The van der Waals surface area contributed by atoms with E-state index < -0.39 is 0 Å². The van der Waals surface area contributed by atoms with Gasteiger partial charge in [-0.2, -0.15) is 0 Å². The quantitative estimate of drug-likeness (QED) is 0.118. The highest BCUT2D eigenvalue weighted by Gasteiger charge is 2.18. The molecule has 0 bridgehead atoms. The summed E-state index contributed by atoms with van der Waals surface area (Å²) in [5, 5.41) is 9.87. The summed E-state index contributed by atoms with van der Waals surface area (Å²) in [5.41, 5.74) is 13.0. The van der Waals surface area contributed by atoms with Crippen LogP contribution in [0.5, 0.6) is 0 Å². The van der Waals surface area contributed by atoms with E-state index in [1.807, 2.05) is 6.07 Å². The van der Waals surface area contributed by atoms with Gasteiger partial charge in [0.05, 0.1) is 11.0 Å². The highest BCUT2D eigenvalue weighted by atomic mass is 15.0. The number of rotatable bonds is 7. The second-order valence-electron chi connectivity index (χ2n) is 17.2. The molecular formula is C63H40N4. The van der Waals surface area contributed by atoms with Crippen molar-refractivity contribution in [3.8, 4) is 73.2 Å². The normalized spacial score (nSPS) is 11.6. The maximum Gasteiger partial charge on any atom is 0.164 e. The van der Waals surface area contributed by atoms with Gasteiger partial charge < -0.3 is 4.57 Å². The zero-order valence-corrected chi connectivity index (χ0v) is 36.4. The van der Waals surface area contributed by atoms with Crippen LogP contribution in [0.3, 0.4) is 0 Å². The Morgan fingerprint density at radius 1 is 0.239 bits per heavy atom. The van der Waals surface area contributed by atoms with E-state index in [0.29, 0.717) is 17.5 Å². The van der Waals surface area contributed by atoms with E-state index >= 15 is 0 Å². The van der Waals surface area contributed by atoms with Gasteiger partial charge in [0.25, 0.3) is 0 Å². The minimum atomic E-state index is 0.613. The molecule has 0 amide bonds. The molecule has 2 heterocycles. The van der Waals surface area contributed by atoms with Crippen molar-refractivity contribution < 1.29 is 0 Å². The Labute approximate surface area is 387 Å². The first-order valence-electron chi connectivity index (χ1n) is 22.8. The Morgan fingerprint density at radius 2 is 0.731 bits per heavy atom. The summed E-state index contributed by atoms with van der Waals surface area (Å²) >= 11 is 0. The van der Waals surface area contributed by atoms with Crippen LogP contribution in [0.25, 0.3) is 127 Å². The molecule has 0 N–H and O–H groups in total. The predicted octanol–water partition coefficient (Wildman–Crippen LogP) is 16.4. The van der Waals surface area contributed by atoms with Gasteiger partial charge in [-0.1, -0.05) is 200 Å². The topological polar surface area (TPSA) is 43.6 Å². The molecule has 67 heavy (non-hydrogen) atoms. The Balaban J connectivity index is 0.949. The lowest BCUT2D eigenvalue weighted by Crippen LogP contribution is -2.00. The fraction of sp³-hybridized carbons (Fsp3) is 0. The van der Waals surface area contributed by atoms with Crippen molar-refractivity contribution in [3.63, 3.8) is 0 Å². The Hall–Kier alpha value is -8.99. The summed E-state index contributed by atoms with van der Waals surface area (Å²) in [6.45, 7) is 0. The van der Waals surface area contributed by atoms with Gasteiger partial charge in [0.1, 0.15) is 0 Å². The summed E-state index contributed by atoms with van der Waals surface area (Å²) in [6, 6.07) is 86.5. The molecule has 11 aromatic carbocycles. The van der Waals surface area contributed by atoms with Crippen molar-refractivity contribution in [1.82, 2.24) is 19.5 Å². The molecule has 0 radical (unpaired) electrons. The van der Waals surface area contributed by atoms with E-state index in [2.05, 4.69) is 241 Å². The molecule has 312 valence electrons. The number of aromatic nitrogens is 4. The monoisotopic (exact) mass is 852 g/mol. The predicted molar refractivity (Wildman–Crippen MR) is 279 cm³/mol. The molecule has 2 aromatic heterocycles. The van der Waals surface area contributed by atoms with Gasteiger partial charge in [-0.15, -0.1) is 0 Å². The molecule has 13 rings (SSSR count). The van der Waals surface area contributed by atoms with Gasteiger partial charge in [0.2, 0.25) is 0 Å². The van der Waals surface area contributed by atoms with Crippen molar-refractivity contribution in [2.75, 3.05) is 0 Å². The summed E-state index contributed by atoms with van der Waals surface area (Å²) in [7, 11) is 0. The van der Waals surface area contributed by atoms with Crippen LogP contribution in [0.2, 0.25) is 0 Å². The number of fused-ring (bicyclic) bond motifs is 7. The third-order valence-electron chi connectivity index (χ3n) is 13.2. The molecule has 0 unspecified atom stereocenters. The van der Waals surface area contributed by atoms with Gasteiger partial charge in [-0.3, -0.25) is 0 Å². The zero-order valence-electron chi connectivity index (χ0n) is 36.4. The van der Waals surface area contributed by atoms with E-state index in [1.54, 1.807) is 0 Å². The lowest BCUT2D eigenvalue weighted by molar-refractivity contribution is 1.07. The van der Waals surface area contributed by atoms with Crippen LogP contribution in [-0.2, 0) is 0 Å². The van der Waals surface area contributed by atoms with Crippen molar-refractivity contribution in [2.45, 2.75) is 0 Å². The molecule has 0 atom stereocenters. The summed E-state index contributed by atoms with van der Waals surface area (Å²) in [4.78, 5) is 15.7. The first-order chi connectivity index (χ1) is 33.2. The third kappa shape index (κ3) is 6.74. The zero-order chi connectivity index (χ0) is 44.3. The van der Waals surface area contributed by atoms with E-state index in [0.717, 1.165) is 55.7 Å². The fourth-order valence-corrected chi connectivity index (χ4v) is 9.99. The number of para-hydroxylation sites is 2. The minimum absolute atomic E-state index is 0.613. The molecule has 4 heteroatoms. The summed E-state index contributed by atoms with van der Waals surface area (Å²) < 4.78 is 2.36. The highest BCUT2D eigenvalue weighted by Crippen LogP contribution is 2.41. The molecule has 0 aliphatic rings. The summed E-state index contributed by atoms with van der Waals surface area (Å²) in [5.74, 6) is 1.85. The fourth-order valence-electron chi connectivity index (χ4n) is 9.99. The maximum absolute atomic E-state index is 5.26. The number of benzene rings is 11. The molecule has 0 saturated carbocycles. The molecule has 0 spiro atoms. The van der Waals surface area contributed by atoms with Crippen molar-refractivity contribution >= 4 is 54.1 Å².